The monoisotopic (exact) mass is 465 g/mol. The number of methoxy groups -OCH3 is 1. The number of benzene rings is 1. The van der Waals surface area contributed by atoms with Crippen LogP contribution < -0.4 is 4.90 Å². The standard InChI is InChI=1S/C24H35NO6S/c1-16(2)20-15-25(12-8-9-17(20)13-22(26)31-24(3,4)5)18-10-11-19(23(27)30-6)21(14-18)32(7,28)29/h10-11,13-14,16,20H,8-9,12,15H2,1-7H3/b17-13-/t20-/m1/s1. The first-order valence-electron chi connectivity index (χ1n) is 10.8. The van der Waals surface area contributed by atoms with E-state index in [1.807, 2.05) is 20.8 Å². The Bertz CT molecular complexity index is 988. The van der Waals surface area contributed by atoms with Gasteiger partial charge in [0.2, 0.25) is 0 Å². The van der Waals surface area contributed by atoms with Crippen molar-refractivity contribution in [2.75, 3.05) is 31.4 Å². The van der Waals surface area contributed by atoms with E-state index in [1.165, 1.54) is 13.2 Å². The number of hydrogen-bond acceptors (Lipinski definition) is 7. The molecule has 7 nitrogen and oxygen atoms in total. The zero-order chi connectivity index (χ0) is 24.3. The molecular weight excluding hydrogens is 430 g/mol. The van der Waals surface area contributed by atoms with Crippen LogP contribution in [0.2, 0.25) is 0 Å². The third kappa shape index (κ3) is 6.82. The predicted octanol–water partition coefficient (Wildman–Crippen LogP) is 4.02. The zero-order valence-corrected chi connectivity index (χ0v) is 20.9. The summed E-state index contributed by atoms with van der Waals surface area (Å²) in [7, 11) is -2.41. The number of esters is 2. The summed E-state index contributed by atoms with van der Waals surface area (Å²) in [6.07, 6.45) is 4.28. The molecule has 0 bridgehead atoms. The predicted molar refractivity (Wildman–Crippen MR) is 125 cm³/mol. The number of ether oxygens (including phenoxy) is 2. The van der Waals surface area contributed by atoms with Gasteiger partial charge in [-0.1, -0.05) is 19.4 Å². The van der Waals surface area contributed by atoms with Crippen LogP contribution in [-0.4, -0.2) is 52.4 Å². The lowest BCUT2D eigenvalue weighted by molar-refractivity contribution is -0.148. The van der Waals surface area contributed by atoms with E-state index >= 15 is 0 Å². The van der Waals surface area contributed by atoms with Gasteiger partial charge in [0.25, 0.3) is 0 Å². The highest BCUT2D eigenvalue weighted by atomic mass is 32.2. The molecule has 0 spiro atoms. The van der Waals surface area contributed by atoms with Gasteiger partial charge in [-0.2, -0.15) is 0 Å². The van der Waals surface area contributed by atoms with Crippen LogP contribution in [0.5, 0.6) is 0 Å². The maximum Gasteiger partial charge on any atom is 0.339 e. The summed E-state index contributed by atoms with van der Waals surface area (Å²) in [5.74, 6) is -0.649. The molecule has 0 saturated carbocycles. The molecule has 1 atom stereocenters. The van der Waals surface area contributed by atoms with Crippen molar-refractivity contribution in [1.29, 1.82) is 0 Å². The second-order valence-electron chi connectivity index (χ2n) is 9.60. The molecule has 0 radical (unpaired) electrons. The van der Waals surface area contributed by atoms with Crippen molar-refractivity contribution >= 4 is 27.5 Å². The maximum atomic E-state index is 12.4. The second-order valence-corrected chi connectivity index (χ2v) is 11.6. The smallest absolute Gasteiger partial charge is 0.339 e. The van der Waals surface area contributed by atoms with E-state index in [9.17, 15) is 18.0 Å². The summed E-state index contributed by atoms with van der Waals surface area (Å²) in [4.78, 5) is 26.6. The minimum atomic E-state index is -3.63. The Hall–Kier alpha value is -2.35. The largest absolute Gasteiger partial charge is 0.465 e. The lowest BCUT2D eigenvalue weighted by Crippen LogP contribution is -2.31. The normalized spacial score (nSPS) is 19.1. The van der Waals surface area contributed by atoms with Crippen molar-refractivity contribution in [3.05, 3.63) is 35.4 Å². The number of rotatable bonds is 5. The fourth-order valence-corrected chi connectivity index (χ4v) is 4.82. The van der Waals surface area contributed by atoms with Crippen LogP contribution in [0.3, 0.4) is 0 Å². The van der Waals surface area contributed by atoms with Gasteiger partial charge in [-0.3, -0.25) is 0 Å². The first kappa shape index (κ1) is 25.9. The molecule has 1 heterocycles. The topological polar surface area (TPSA) is 90.0 Å². The quantitative estimate of drug-likeness (QED) is 0.479. The van der Waals surface area contributed by atoms with Crippen LogP contribution in [0.1, 0.15) is 57.8 Å². The Kier molecular flexibility index (Phi) is 8.15. The molecule has 178 valence electrons. The average Bonchev–Trinajstić information content (AvgIpc) is 2.87. The number of carbonyl (C=O) groups excluding carboxylic acids is 2. The highest BCUT2D eigenvalue weighted by Gasteiger charge is 2.28. The Morgan fingerprint density at radius 3 is 2.41 bits per heavy atom. The summed E-state index contributed by atoms with van der Waals surface area (Å²) in [6, 6.07) is 4.80. The summed E-state index contributed by atoms with van der Waals surface area (Å²) in [6.45, 7) is 11.1. The zero-order valence-electron chi connectivity index (χ0n) is 20.1. The van der Waals surface area contributed by atoms with Gasteiger partial charge < -0.3 is 14.4 Å². The van der Waals surface area contributed by atoms with Gasteiger partial charge in [-0.15, -0.1) is 0 Å². The SMILES string of the molecule is COC(=O)c1ccc(N2CCC/C(=C/C(=O)OC(C)(C)C)[C@@H](C(C)C)C2)cc1S(C)(=O)=O. The summed E-state index contributed by atoms with van der Waals surface area (Å²) >= 11 is 0. The third-order valence-corrected chi connectivity index (χ3v) is 6.57. The molecule has 0 aromatic heterocycles. The molecule has 1 saturated heterocycles. The van der Waals surface area contributed by atoms with Crippen LogP contribution >= 0.6 is 0 Å². The first-order valence-corrected chi connectivity index (χ1v) is 12.7. The molecule has 0 unspecified atom stereocenters. The van der Waals surface area contributed by atoms with Crippen molar-refractivity contribution in [2.45, 2.75) is 58.0 Å². The van der Waals surface area contributed by atoms with Crippen LogP contribution in [0, 0.1) is 11.8 Å². The molecule has 0 aliphatic carbocycles. The van der Waals surface area contributed by atoms with E-state index < -0.39 is 21.4 Å². The van der Waals surface area contributed by atoms with Crippen molar-refractivity contribution in [1.82, 2.24) is 0 Å². The Balaban J connectivity index is 2.40. The average molecular weight is 466 g/mol. The van der Waals surface area contributed by atoms with E-state index in [0.717, 1.165) is 30.4 Å². The Morgan fingerprint density at radius 2 is 1.88 bits per heavy atom. The van der Waals surface area contributed by atoms with E-state index in [0.29, 0.717) is 13.1 Å². The van der Waals surface area contributed by atoms with Crippen molar-refractivity contribution in [3.8, 4) is 0 Å². The number of anilines is 1. The highest BCUT2D eigenvalue weighted by Crippen LogP contribution is 2.33. The summed E-state index contributed by atoms with van der Waals surface area (Å²) in [5.41, 5.74) is 1.25. The van der Waals surface area contributed by atoms with E-state index in [4.69, 9.17) is 9.47 Å². The van der Waals surface area contributed by atoms with Gasteiger partial charge in [-0.05, 0) is 57.7 Å². The minimum absolute atomic E-state index is 0.0273. The summed E-state index contributed by atoms with van der Waals surface area (Å²) < 4.78 is 34.9. The first-order chi connectivity index (χ1) is 14.7. The van der Waals surface area contributed by atoms with E-state index in [2.05, 4.69) is 18.7 Å². The lowest BCUT2D eigenvalue weighted by atomic mass is 9.86. The van der Waals surface area contributed by atoms with Crippen molar-refractivity contribution < 1.29 is 27.5 Å². The molecule has 1 aromatic carbocycles. The van der Waals surface area contributed by atoms with Gasteiger partial charge in [0, 0.05) is 37.0 Å². The molecule has 1 aliphatic heterocycles. The molecule has 32 heavy (non-hydrogen) atoms. The number of carbonyl (C=O) groups is 2. The molecule has 1 fully saturated rings. The molecular formula is C24H35NO6S. The second kappa shape index (κ2) is 10.1. The molecule has 0 amide bonds. The fourth-order valence-electron chi connectivity index (χ4n) is 3.93. The van der Waals surface area contributed by atoms with Gasteiger partial charge in [0.05, 0.1) is 17.6 Å². The molecule has 1 aliphatic rings. The number of nitrogens with zero attached hydrogens (tertiary/aromatic N) is 1. The maximum absolute atomic E-state index is 12.4. The number of sulfone groups is 1. The Labute approximate surface area is 191 Å². The minimum Gasteiger partial charge on any atom is -0.465 e. The van der Waals surface area contributed by atoms with Gasteiger partial charge >= 0.3 is 11.9 Å². The lowest BCUT2D eigenvalue weighted by Gasteiger charge is -2.30. The van der Waals surface area contributed by atoms with Crippen molar-refractivity contribution in [2.24, 2.45) is 11.8 Å². The highest BCUT2D eigenvalue weighted by molar-refractivity contribution is 7.90. The van der Waals surface area contributed by atoms with Crippen LogP contribution in [0.15, 0.2) is 34.7 Å². The van der Waals surface area contributed by atoms with Crippen LogP contribution in [0.4, 0.5) is 5.69 Å². The molecule has 8 heteroatoms. The number of hydrogen-bond donors (Lipinski definition) is 0. The van der Waals surface area contributed by atoms with E-state index in [-0.39, 0.29) is 28.3 Å². The molecule has 2 rings (SSSR count). The molecule has 1 aromatic rings. The van der Waals surface area contributed by atoms with Crippen LogP contribution in [0.25, 0.3) is 0 Å². The van der Waals surface area contributed by atoms with Gasteiger partial charge in [0.1, 0.15) is 5.60 Å². The van der Waals surface area contributed by atoms with Gasteiger partial charge in [0.15, 0.2) is 9.84 Å². The van der Waals surface area contributed by atoms with Crippen molar-refractivity contribution in [3.63, 3.8) is 0 Å². The molecule has 0 N–H and O–H groups in total. The fraction of sp³-hybridized carbons (Fsp3) is 0.583. The van der Waals surface area contributed by atoms with Gasteiger partial charge in [-0.25, -0.2) is 18.0 Å². The third-order valence-electron chi connectivity index (χ3n) is 5.44. The van der Waals surface area contributed by atoms with E-state index in [1.54, 1.807) is 18.2 Å². The Morgan fingerprint density at radius 1 is 1.22 bits per heavy atom. The van der Waals surface area contributed by atoms with Crippen LogP contribution in [-0.2, 0) is 24.1 Å². The summed E-state index contributed by atoms with van der Waals surface area (Å²) in [5, 5.41) is 0.